The molecule has 0 saturated heterocycles. The van der Waals surface area contributed by atoms with E-state index in [1.807, 2.05) is 0 Å². The summed E-state index contributed by atoms with van der Waals surface area (Å²) in [6.45, 7) is 1.54. The number of hydrogen-bond acceptors (Lipinski definition) is 6. The topological polar surface area (TPSA) is 125 Å². The van der Waals surface area contributed by atoms with Crippen molar-refractivity contribution in [1.29, 1.82) is 0 Å². The molecule has 1 N–H and O–H groups in total. The van der Waals surface area contributed by atoms with E-state index in [-0.39, 0.29) is 30.5 Å². The molecule has 0 fully saturated rings. The van der Waals surface area contributed by atoms with Gasteiger partial charge in [0.2, 0.25) is 5.91 Å². The Morgan fingerprint density at radius 1 is 1.32 bits per heavy atom. The highest BCUT2D eigenvalue weighted by Crippen LogP contribution is 2.30. The lowest BCUT2D eigenvalue weighted by atomic mass is 10.2. The molecule has 0 atom stereocenters. The first kappa shape index (κ1) is 14.4. The lowest BCUT2D eigenvalue weighted by Crippen LogP contribution is -2.25. The second-order valence-corrected chi connectivity index (χ2v) is 3.50. The maximum Gasteiger partial charge on any atom is 0.317 e. The molecule has 1 aromatic carbocycles. The number of carbonyl (C=O) groups is 1. The summed E-state index contributed by atoms with van der Waals surface area (Å²) in [5, 5.41) is 23.7. The summed E-state index contributed by atoms with van der Waals surface area (Å²) in [5.41, 5.74) is -0.877. The van der Waals surface area contributed by atoms with E-state index in [2.05, 4.69) is 5.32 Å². The van der Waals surface area contributed by atoms with Gasteiger partial charge in [-0.3, -0.25) is 25.0 Å². The van der Waals surface area contributed by atoms with Gasteiger partial charge in [0.1, 0.15) is 6.61 Å². The monoisotopic (exact) mass is 269 g/mol. The van der Waals surface area contributed by atoms with Crippen LogP contribution in [0.4, 0.5) is 11.4 Å². The van der Waals surface area contributed by atoms with Crippen LogP contribution in [0.5, 0.6) is 5.75 Å². The zero-order valence-electron chi connectivity index (χ0n) is 9.99. The van der Waals surface area contributed by atoms with E-state index >= 15 is 0 Å². The molecule has 0 saturated carbocycles. The summed E-state index contributed by atoms with van der Waals surface area (Å²) >= 11 is 0. The van der Waals surface area contributed by atoms with Gasteiger partial charge in [0, 0.05) is 13.0 Å². The highest BCUT2D eigenvalue weighted by molar-refractivity contribution is 5.72. The minimum Gasteiger partial charge on any atom is -0.485 e. The van der Waals surface area contributed by atoms with E-state index in [0.717, 1.165) is 18.2 Å². The minimum atomic E-state index is -0.763. The molecule has 19 heavy (non-hydrogen) atoms. The zero-order valence-corrected chi connectivity index (χ0v) is 9.99. The fourth-order valence-electron chi connectivity index (χ4n) is 1.27. The molecule has 0 radical (unpaired) electrons. The van der Waals surface area contributed by atoms with Crippen LogP contribution in [0.1, 0.15) is 6.92 Å². The number of nitrogens with zero attached hydrogens (tertiary/aromatic N) is 2. The fraction of sp³-hybridized carbons (Fsp3) is 0.300. The molecule has 0 aliphatic heterocycles. The van der Waals surface area contributed by atoms with Crippen molar-refractivity contribution in [2.45, 2.75) is 6.92 Å². The second-order valence-electron chi connectivity index (χ2n) is 3.50. The van der Waals surface area contributed by atoms with Crippen LogP contribution in [-0.2, 0) is 4.79 Å². The number of non-ortho nitro benzene ring substituents is 1. The van der Waals surface area contributed by atoms with Crippen LogP contribution in [0.3, 0.4) is 0 Å². The van der Waals surface area contributed by atoms with E-state index < -0.39 is 15.5 Å². The lowest BCUT2D eigenvalue weighted by molar-refractivity contribution is -0.394. The molecule has 1 aromatic rings. The van der Waals surface area contributed by atoms with Crippen molar-refractivity contribution in [3.63, 3.8) is 0 Å². The van der Waals surface area contributed by atoms with E-state index in [4.69, 9.17) is 4.74 Å². The first-order chi connectivity index (χ1) is 8.91. The van der Waals surface area contributed by atoms with Crippen molar-refractivity contribution in [1.82, 2.24) is 5.32 Å². The quantitative estimate of drug-likeness (QED) is 0.467. The molecule has 9 heteroatoms. The molecule has 1 amide bonds. The van der Waals surface area contributed by atoms with Gasteiger partial charge in [-0.15, -0.1) is 0 Å². The summed E-state index contributed by atoms with van der Waals surface area (Å²) < 4.78 is 5.10. The van der Waals surface area contributed by atoms with E-state index in [1.54, 1.807) is 0 Å². The first-order valence-corrected chi connectivity index (χ1v) is 5.22. The molecule has 0 spiro atoms. The van der Waals surface area contributed by atoms with Gasteiger partial charge >= 0.3 is 5.69 Å². The maximum absolute atomic E-state index is 10.8. The Hall–Kier alpha value is -2.71. The Kier molecular flexibility index (Phi) is 4.75. The number of carbonyl (C=O) groups excluding carboxylic acids is 1. The van der Waals surface area contributed by atoms with Gasteiger partial charge in [-0.05, 0) is 6.07 Å². The number of nitrogens with one attached hydrogen (secondary N) is 1. The van der Waals surface area contributed by atoms with Crippen molar-refractivity contribution >= 4 is 17.3 Å². The minimum absolute atomic E-state index is 0.0260. The van der Waals surface area contributed by atoms with Crippen molar-refractivity contribution < 1.29 is 19.4 Å². The van der Waals surface area contributed by atoms with Gasteiger partial charge < -0.3 is 10.1 Å². The van der Waals surface area contributed by atoms with Gasteiger partial charge in [0.25, 0.3) is 5.69 Å². The molecular weight excluding hydrogens is 258 g/mol. The van der Waals surface area contributed by atoms with Gasteiger partial charge in [0.15, 0.2) is 5.75 Å². The number of nitro benzene ring substituents is 2. The van der Waals surface area contributed by atoms with Crippen molar-refractivity contribution in [2.24, 2.45) is 0 Å². The average molecular weight is 269 g/mol. The predicted molar refractivity (Wildman–Crippen MR) is 63.9 cm³/mol. The standard InChI is InChI=1S/C10H11N3O6/c1-7(14)11-4-5-19-10-3-2-8(12(15)16)6-9(10)13(17)18/h2-3,6H,4-5H2,1H3,(H,11,14). The molecule has 9 nitrogen and oxygen atoms in total. The lowest BCUT2D eigenvalue weighted by Gasteiger charge is -2.06. The molecule has 0 bridgehead atoms. The number of amides is 1. The largest absolute Gasteiger partial charge is 0.485 e. The predicted octanol–water partition coefficient (Wildman–Crippen LogP) is 1.02. The Bertz CT molecular complexity index is 516. The average Bonchev–Trinajstić information content (AvgIpc) is 2.34. The number of hydrogen-bond donors (Lipinski definition) is 1. The summed E-state index contributed by atoms with van der Waals surface area (Å²) in [4.78, 5) is 30.4. The zero-order chi connectivity index (χ0) is 14.4. The molecule has 0 aliphatic carbocycles. The summed E-state index contributed by atoms with van der Waals surface area (Å²) in [5.74, 6) is -0.331. The van der Waals surface area contributed by atoms with Gasteiger partial charge in [0.05, 0.1) is 22.5 Å². The van der Waals surface area contributed by atoms with Crippen molar-refractivity contribution in [2.75, 3.05) is 13.2 Å². The summed E-state index contributed by atoms with van der Waals surface area (Å²) in [7, 11) is 0. The highest BCUT2D eigenvalue weighted by atomic mass is 16.6. The SMILES string of the molecule is CC(=O)NCCOc1ccc([N+](=O)[O-])cc1[N+](=O)[O-]. The fourth-order valence-corrected chi connectivity index (χ4v) is 1.27. The van der Waals surface area contributed by atoms with Crippen LogP contribution in [0.25, 0.3) is 0 Å². The number of ether oxygens (including phenoxy) is 1. The molecule has 0 aromatic heterocycles. The Morgan fingerprint density at radius 2 is 2.00 bits per heavy atom. The van der Waals surface area contributed by atoms with E-state index in [0.29, 0.717) is 0 Å². The van der Waals surface area contributed by atoms with E-state index in [9.17, 15) is 25.0 Å². The second kappa shape index (κ2) is 6.28. The highest BCUT2D eigenvalue weighted by Gasteiger charge is 2.20. The van der Waals surface area contributed by atoms with Crippen LogP contribution in [0.2, 0.25) is 0 Å². The van der Waals surface area contributed by atoms with Crippen LogP contribution >= 0.6 is 0 Å². The Morgan fingerprint density at radius 3 is 2.53 bits per heavy atom. The number of nitro groups is 2. The molecule has 0 unspecified atom stereocenters. The third-order valence-corrected chi connectivity index (χ3v) is 2.08. The number of rotatable bonds is 6. The number of benzene rings is 1. The maximum atomic E-state index is 10.8. The third-order valence-electron chi connectivity index (χ3n) is 2.08. The first-order valence-electron chi connectivity index (χ1n) is 5.22. The van der Waals surface area contributed by atoms with Crippen molar-refractivity contribution in [3.05, 3.63) is 38.4 Å². The normalized spacial score (nSPS) is 9.74. The smallest absolute Gasteiger partial charge is 0.317 e. The van der Waals surface area contributed by atoms with Gasteiger partial charge in [-0.2, -0.15) is 0 Å². The third kappa shape index (κ3) is 4.22. The van der Waals surface area contributed by atoms with Crippen molar-refractivity contribution in [3.8, 4) is 5.75 Å². The Balaban J connectivity index is 2.79. The van der Waals surface area contributed by atoms with Crippen LogP contribution in [0.15, 0.2) is 18.2 Å². The molecular formula is C10H11N3O6. The van der Waals surface area contributed by atoms with Crippen LogP contribution in [0, 0.1) is 20.2 Å². The van der Waals surface area contributed by atoms with E-state index in [1.165, 1.54) is 6.92 Å². The Labute approximate surface area is 107 Å². The summed E-state index contributed by atoms with van der Waals surface area (Å²) in [6, 6.07) is 3.10. The molecule has 1 rings (SSSR count). The summed E-state index contributed by atoms with van der Waals surface area (Å²) in [6.07, 6.45) is 0. The molecule has 0 heterocycles. The van der Waals surface area contributed by atoms with Gasteiger partial charge in [-0.1, -0.05) is 0 Å². The molecule has 102 valence electrons. The van der Waals surface area contributed by atoms with Crippen LogP contribution in [-0.4, -0.2) is 28.9 Å². The van der Waals surface area contributed by atoms with Gasteiger partial charge in [-0.25, -0.2) is 0 Å². The van der Waals surface area contributed by atoms with Crippen LogP contribution < -0.4 is 10.1 Å². The molecule has 0 aliphatic rings.